The van der Waals surface area contributed by atoms with Crippen LogP contribution in [0.15, 0.2) is 65.3 Å². The Balaban J connectivity index is 0.00000274. The van der Waals surface area contributed by atoms with Crippen molar-refractivity contribution in [3.8, 4) is 34.3 Å². The fraction of sp³-hybridized carbons (Fsp3) is 0.222. The number of aromatic nitrogens is 1. The zero-order valence-corrected chi connectivity index (χ0v) is 22.4. The Morgan fingerprint density at radius 3 is 2.38 bits per heavy atom. The minimum absolute atomic E-state index is 0. The number of ether oxygens (including phenoxy) is 4. The van der Waals surface area contributed by atoms with Gasteiger partial charge in [0, 0.05) is 17.0 Å². The van der Waals surface area contributed by atoms with Crippen molar-refractivity contribution in [2.45, 2.75) is 19.6 Å². The Morgan fingerprint density at radius 1 is 0.882 bits per heavy atom. The molecule has 4 aromatic rings. The van der Waals surface area contributed by atoms with Crippen molar-refractivity contribution in [3.63, 3.8) is 0 Å². The zero-order valence-electron chi connectivity index (χ0n) is 19.2. The summed E-state index contributed by atoms with van der Waals surface area (Å²) in [6.07, 6.45) is 3.08. The van der Waals surface area contributed by atoms with E-state index in [4.69, 9.17) is 18.9 Å². The van der Waals surface area contributed by atoms with Gasteiger partial charge in [-0.2, -0.15) is 4.57 Å². The van der Waals surface area contributed by atoms with Gasteiger partial charge in [0.05, 0.1) is 32.3 Å². The van der Waals surface area contributed by atoms with Crippen LogP contribution in [-0.2, 0) is 19.6 Å². The Bertz CT molecular complexity index is 1360. The molecule has 34 heavy (non-hydrogen) atoms. The maximum Gasteiger partial charge on any atom is 0.213 e. The molecular formula is C27H25Br2NO4. The van der Waals surface area contributed by atoms with E-state index in [-0.39, 0.29) is 17.0 Å². The number of rotatable bonds is 6. The highest BCUT2D eigenvalue weighted by Gasteiger charge is 2.27. The van der Waals surface area contributed by atoms with Crippen molar-refractivity contribution in [3.05, 3.63) is 76.4 Å². The summed E-state index contributed by atoms with van der Waals surface area (Å²) >= 11 is 3.53. The molecule has 0 radical (unpaired) electrons. The monoisotopic (exact) mass is 585 g/mol. The van der Waals surface area contributed by atoms with Gasteiger partial charge in [0.25, 0.3) is 0 Å². The van der Waals surface area contributed by atoms with E-state index in [1.165, 1.54) is 5.56 Å². The number of methoxy groups -OCH3 is 3. The van der Waals surface area contributed by atoms with Crippen molar-refractivity contribution < 1.29 is 40.5 Å². The standard InChI is InChI=1S/C27H25BrNO4.BrH/c1-30-24-8-7-18-12-23-21-14-26(32-3)25(31-2)13-19(21)9-10-29(23)15-22(18)27(24)33-16-17-5-4-6-20(28)11-17;/h4-8,11-15H,9-10,16H2,1-3H3;1H/q+1;/p-1. The van der Waals surface area contributed by atoms with Crippen molar-refractivity contribution in [2.24, 2.45) is 0 Å². The van der Waals surface area contributed by atoms with Crippen LogP contribution in [0.2, 0.25) is 0 Å². The van der Waals surface area contributed by atoms with E-state index in [1.807, 2.05) is 18.2 Å². The van der Waals surface area contributed by atoms with Crippen LogP contribution in [0, 0.1) is 0 Å². The number of aryl methyl sites for hydroxylation is 2. The third-order valence-electron chi connectivity index (χ3n) is 6.08. The van der Waals surface area contributed by atoms with Crippen molar-refractivity contribution >= 4 is 26.7 Å². The third-order valence-corrected chi connectivity index (χ3v) is 6.57. The fourth-order valence-corrected chi connectivity index (χ4v) is 4.87. The van der Waals surface area contributed by atoms with Crippen LogP contribution in [0.25, 0.3) is 22.0 Å². The van der Waals surface area contributed by atoms with Gasteiger partial charge in [0.2, 0.25) is 5.69 Å². The molecule has 5 rings (SSSR count). The topological polar surface area (TPSA) is 40.8 Å². The molecule has 0 atom stereocenters. The smallest absolute Gasteiger partial charge is 0.213 e. The first kappa shape index (κ1) is 24.4. The van der Waals surface area contributed by atoms with E-state index in [1.54, 1.807) is 21.3 Å². The minimum atomic E-state index is 0. The third kappa shape index (κ3) is 4.46. The number of benzene rings is 3. The van der Waals surface area contributed by atoms with Crippen LogP contribution < -0.4 is 40.5 Å². The number of pyridine rings is 1. The molecule has 1 aromatic heterocycles. The van der Waals surface area contributed by atoms with E-state index < -0.39 is 0 Å². The number of hydrogen-bond acceptors (Lipinski definition) is 4. The maximum absolute atomic E-state index is 6.31. The second-order valence-electron chi connectivity index (χ2n) is 7.98. The van der Waals surface area contributed by atoms with Crippen molar-refractivity contribution in [2.75, 3.05) is 21.3 Å². The van der Waals surface area contributed by atoms with Gasteiger partial charge < -0.3 is 35.9 Å². The summed E-state index contributed by atoms with van der Waals surface area (Å²) in [4.78, 5) is 0. The summed E-state index contributed by atoms with van der Waals surface area (Å²) in [5, 5.41) is 2.12. The minimum Gasteiger partial charge on any atom is -1.00 e. The zero-order chi connectivity index (χ0) is 22.9. The molecule has 0 amide bonds. The van der Waals surface area contributed by atoms with Crippen LogP contribution in [0.1, 0.15) is 11.1 Å². The highest BCUT2D eigenvalue weighted by Crippen LogP contribution is 2.40. The molecule has 0 aliphatic carbocycles. The Kier molecular flexibility index (Phi) is 7.33. The van der Waals surface area contributed by atoms with Gasteiger partial charge in [-0.1, -0.05) is 28.1 Å². The lowest BCUT2D eigenvalue weighted by atomic mass is 9.95. The van der Waals surface area contributed by atoms with Crippen LogP contribution in [0.4, 0.5) is 0 Å². The Labute approximate surface area is 218 Å². The van der Waals surface area contributed by atoms with Gasteiger partial charge in [0.1, 0.15) is 6.61 Å². The largest absolute Gasteiger partial charge is 1.00 e. The number of fused-ring (bicyclic) bond motifs is 4. The Morgan fingerprint density at radius 2 is 1.65 bits per heavy atom. The quantitative estimate of drug-likeness (QED) is 0.326. The van der Waals surface area contributed by atoms with Crippen LogP contribution >= 0.6 is 15.9 Å². The first-order valence-corrected chi connectivity index (χ1v) is 11.6. The summed E-state index contributed by atoms with van der Waals surface area (Å²) in [6.45, 7) is 1.33. The molecule has 0 N–H and O–H groups in total. The average Bonchev–Trinajstić information content (AvgIpc) is 2.85. The van der Waals surface area contributed by atoms with E-state index in [0.717, 1.165) is 68.0 Å². The molecule has 1 aliphatic rings. The molecule has 5 nitrogen and oxygen atoms in total. The molecule has 0 spiro atoms. The molecule has 3 aromatic carbocycles. The van der Waals surface area contributed by atoms with Gasteiger partial charge in [0.15, 0.2) is 35.7 Å². The lowest BCUT2D eigenvalue weighted by Gasteiger charge is -2.19. The predicted molar refractivity (Wildman–Crippen MR) is 131 cm³/mol. The summed E-state index contributed by atoms with van der Waals surface area (Å²) in [5.41, 5.74) is 4.65. The van der Waals surface area contributed by atoms with E-state index in [2.05, 4.69) is 63.1 Å². The number of hydrogen-bond donors (Lipinski definition) is 0. The molecule has 0 unspecified atom stereocenters. The van der Waals surface area contributed by atoms with Gasteiger partial charge >= 0.3 is 0 Å². The first-order valence-electron chi connectivity index (χ1n) is 10.8. The summed E-state index contributed by atoms with van der Waals surface area (Å²) < 4.78 is 26.3. The predicted octanol–water partition coefficient (Wildman–Crippen LogP) is 2.72. The van der Waals surface area contributed by atoms with E-state index in [9.17, 15) is 0 Å². The SMILES string of the molecule is COc1cc2c(cc1OC)-c1cc3ccc(OC)c(OCc4cccc(Br)c4)c3c[n+]1CC2.[Br-]. The van der Waals surface area contributed by atoms with Gasteiger partial charge in [-0.15, -0.1) is 0 Å². The van der Waals surface area contributed by atoms with Gasteiger partial charge in [-0.25, -0.2) is 0 Å². The van der Waals surface area contributed by atoms with Crippen molar-refractivity contribution in [1.29, 1.82) is 0 Å². The normalized spacial score (nSPS) is 11.8. The second-order valence-corrected chi connectivity index (χ2v) is 8.90. The molecule has 0 saturated carbocycles. The van der Waals surface area contributed by atoms with Gasteiger partial charge in [-0.3, -0.25) is 0 Å². The van der Waals surface area contributed by atoms with Crippen LogP contribution in [0.5, 0.6) is 23.0 Å². The molecule has 176 valence electrons. The molecule has 2 heterocycles. The van der Waals surface area contributed by atoms with E-state index >= 15 is 0 Å². The maximum atomic E-state index is 6.31. The first-order chi connectivity index (χ1) is 16.1. The molecule has 0 fully saturated rings. The number of nitrogens with zero attached hydrogens (tertiary/aromatic N) is 1. The molecule has 7 heteroatoms. The summed E-state index contributed by atoms with van der Waals surface area (Å²) in [7, 11) is 5.02. The van der Waals surface area contributed by atoms with Crippen LogP contribution in [-0.4, -0.2) is 21.3 Å². The number of halogens is 2. The Hall–Kier alpha value is -2.77. The highest BCUT2D eigenvalue weighted by molar-refractivity contribution is 9.10. The van der Waals surface area contributed by atoms with Crippen LogP contribution in [0.3, 0.4) is 0 Å². The van der Waals surface area contributed by atoms with Gasteiger partial charge in [-0.05, 0) is 52.9 Å². The van der Waals surface area contributed by atoms with Crippen molar-refractivity contribution in [1.82, 2.24) is 0 Å². The lowest BCUT2D eigenvalue weighted by Crippen LogP contribution is -3.00. The summed E-state index contributed by atoms with van der Waals surface area (Å²) in [6, 6.07) is 18.5. The molecule has 0 bridgehead atoms. The average molecular weight is 587 g/mol. The highest BCUT2D eigenvalue weighted by atomic mass is 79.9. The summed E-state index contributed by atoms with van der Waals surface area (Å²) in [5.74, 6) is 2.97. The molecule has 0 saturated heterocycles. The molecular weight excluding hydrogens is 562 g/mol. The van der Waals surface area contributed by atoms with E-state index in [0.29, 0.717) is 6.61 Å². The lowest BCUT2D eigenvalue weighted by molar-refractivity contribution is -0.686. The molecule has 1 aliphatic heterocycles. The second kappa shape index (κ2) is 10.2. The fourth-order valence-electron chi connectivity index (χ4n) is 4.43.